The molecule has 1 aromatic rings. The molecule has 90 valence electrons. The zero-order valence-corrected chi connectivity index (χ0v) is 9.35. The summed E-state index contributed by atoms with van der Waals surface area (Å²) in [4.78, 5) is 22.3. The SMILES string of the molecule is C#CCCCNC(=O)Cn1cccc1C(=O)O. The molecule has 0 aliphatic rings. The summed E-state index contributed by atoms with van der Waals surface area (Å²) in [6.45, 7) is 0.511. The lowest BCUT2D eigenvalue weighted by Gasteiger charge is -2.07. The summed E-state index contributed by atoms with van der Waals surface area (Å²) in [6, 6.07) is 3.04. The van der Waals surface area contributed by atoms with Gasteiger partial charge in [-0.1, -0.05) is 0 Å². The number of aromatic carboxylic acids is 1. The molecule has 0 aliphatic heterocycles. The molecule has 0 spiro atoms. The number of aromatic nitrogens is 1. The van der Waals surface area contributed by atoms with E-state index < -0.39 is 5.97 Å². The third-order valence-corrected chi connectivity index (χ3v) is 2.18. The van der Waals surface area contributed by atoms with E-state index in [1.807, 2.05) is 0 Å². The predicted octanol–water partition coefficient (Wildman–Crippen LogP) is 0.716. The Bertz CT molecular complexity index is 443. The highest BCUT2D eigenvalue weighted by molar-refractivity contribution is 5.86. The van der Waals surface area contributed by atoms with Gasteiger partial charge in [0.1, 0.15) is 12.2 Å². The normalized spacial score (nSPS) is 9.59. The van der Waals surface area contributed by atoms with Crippen LogP contribution < -0.4 is 5.32 Å². The first kappa shape index (κ1) is 12.8. The van der Waals surface area contributed by atoms with E-state index in [1.54, 1.807) is 12.3 Å². The number of nitrogens with one attached hydrogen (secondary N) is 1. The number of nitrogens with zero attached hydrogens (tertiary/aromatic N) is 1. The highest BCUT2D eigenvalue weighted by Gasteiger charge is 2.10. The molecule has 1 aromatic heterocycles. The van der Waals surface area contributed by atoms with Crippen LogP contribution in [0.5, 0.6) is 0 Å². The number of carbonyl (C=O) groups is 2. The number of hydrogen-bond acceptors (Lipinski definition) is 2. The summed E-state index contributed by atoms with van der Waals surface area (Å²) < 4.78 is 1.39. The molecule has 0 radical (unpaired) electrons. The molecule has 0 aliphatic carbocycles. The minimum Gasteiger partial charge on any atom is -0.477 e. The van der Waals surface area contributed by atoms with E-state index in [9.17, 15) is 9.59 Å². The molecule has 17 heavy (non-hydrogen) atoms. The first-order valence-electron chi connectivity index (χ1n) is 5.23. The minimum atomic E-state index is -1.05. The quantitative estimate of drug-likeness (QED) is 0.562. The molecule has 0 saturated carbocycles. The molecule has 5 nitrogen and oxygen atoms in total. The van der Waals surface area contributed by atoms with E-state index in [2.05, 4.69) is 11.2 Å². The third kappa shape index (κ3) is 4.03. The van der Waals surface area contributed by atoms with E-state index >= 15 is 0 Å². The van der Waals surface area contributed by atoms with Gasteiger partial charge in [0.25, 0.3) is 0 Å². The van der Waals surface area contributed by atoms with Gasteiger partial charge in [0.2, 0.25) is 5.91 Å². The standard InChI is InChI=1S/C12H14N2O3/c1-2-3-4-7-13-11(15)9-14-8-5-6-10(14)12(16)17/h1,5-6,8H,3-4,7,9H2,(H,13,15)(H,16,17). The van der Waals surface area contributed by atoms with Crippen LogP contribution in [-0.4, -0.2) is 28.1 Å². The lowest BCUT2D eigenvalue weighted by Crippen LogP contribution is -2.29. The second-order valence-electron chi connectivity index (χ2n) is 3.48. The van der Waals surface area contributed by atoms with E-state index in [-0.39, 0.29) is 18.1 Å². The Morgan fingerprint density at radius 2 is 2.29 bits per heavy atom. The summed E-state index contributed by atoms with van der Waals surface area (Å²) in [5.74, 6) is 1.21. The van der Waals surface area contributed by atoms with Crippen molar-refractivity contribution in [1.29, 1.82) is 0 Å². The molecule has 0 saturated heterocycles. The number of amides is 1. The molecule has 1 amide bonds. The molecule has 5 heteroatoms. The van der Waals surface area contributed by atoms with Gasteiger partial charge in [0.05, 0.1) is 0 Å². The van der Waals surface area contributed by atoms with Gasteiger partial charge < -0.3 is 15.0 Å². The third-order valence-electron chi connectivity index (χ3n) is 2.18. The van der Waals surface area contributed by atoms with Gasteiger partial charge in [-0.2, -0.15) is 0 Å². The monoisotopic (exact) mass is 234 g/mol. The van der Waals surface area contributed by atoms with Crippen LogP contribution in [0.1, 0.15) is 23.3 Å². The minimum absolute atomic E-state index is 0.00465. The number of unbranched alkanes of at least 4 members (excludes halogenated alkanes) is 1. The molecule has 1 heterocycles. The maximum atomic E-state index is 11.5. The van der Waals surface area contributed by atoms with Crippen LogP contribution in [-0.2, 0) is 11.3 Å². The number of carboxylic acids is 1. The van der Waals surface area contributed by atoms with Gasteiger partial charge in [-0.3, -0.25) is 4.79 Å². The van der Waals surface area contributed by atoms with Gasteiger partial charge in [-0.05, 0) is 18.6 Å². The first-order valence-corrected chi connectivity index (χ1v) is 5.23. The Kier molecular flexibility index (Phi) is 4.82. The largest absolute Gasteiger partial charge is 0.477 e. The van der Waals surface area contributed by atoms with Crippen LogP contribution >= 0.6 is 0 Å². The van der Waals surface area contributed by atoms with E-state index in [4.69, 9.17) is 11.5 Å². The Morgan fingerprint density at radius 1 is 1.53 bits per heavy atom. The molecular weight excluding hydrogens is 220 g/mol. The van der Waals surface area contributed by atoms with Crippen molar-refractivity contribution in [3.8, 4) is 12.3 Å². The van der Waals surface area contributed by atoms with Crippen molar-refractivity contribution >= 4 is 11.9 Å². The van der Waals surface area contributed by atoms with Crippen molar-refractivity contribution in [2.24, 2.45) is 0 Å². The van der Waals surface area contributed by atoms with Crippen LogP contribution in [0.25, 0.3) is 0 Å². The van der Waals surface area contributed by atoms with Crippen LogP contribution in [0.3, 0.4) is 0 Å². The molecule has 1 rings (SSSR count). The zero-order valence-electron chi connectivity index (χ0n) is 9.35. The van der Waals surface area contributed by atoms with Gasteiger partial charge >= 0.3 is 5.97 Å². The smallest absolute Gasteiger partial charge is 0.352 e. The maximum absolute atomic E-state index is 11.5. The second-order valence-corrected chi connectivity index (χ2v) is 3.48. The van der Waals surface area contributed by atoms with Crippen LogP contribution in [0.2, 0.25) is 0 Å². The predicted molar refractivity (Wildman–Crippen MR) is 62.5 cm³/mol. The van der Waals surface area contributed by atoms with Gasteiger partial charge in [-0.25, -0.2) is 4.79 Å². The number of terminal acetylenes is 1. The summed E-state index contributed by atoms with van der Waals surface area (Å²) >= 11 is 0. The van der Waals surface area contributed by atoms with Crippen molar-refractivity contribution in [3.05, 3.63) is 24.0 Å². The highest BCUT2D eigenvalue weighted by Crippen LogP contribution is 2.01. The second kappa shape index (κ2) is 6.38. The van der Waals surface area contributed by atoms with Crippen molar-refractivity contribution < 1.29 is 14.7 Å². The topological polar surface area (TPSA) is 71.3 Å². The van der Waals surface area contributed by atoms with Gasteiger partial charge in [-0.15, -0.1) is 12.3 Å². The average molecular weight is 234 g/mol. The number of carboxylic acid groups (broad SMARTS) is 1. The molecule has 0 fully saturated rings. The Balaban J connectivity index is 2.43. The van der Waals surface area contributed by atoms with Crippen LogP contribution in [0.4, 0.5) is 0 Å². The molecule has 0 unspecified atom stereocenters. The van der Waals surface area contributed by atoms with Crippen LogP contribution in [0.15, 0.2) is 18.3 Å². The number of carbonyl (C=O) groups excluding carboxylic acids is 1. The Labute approximate surface area is 99.4 Å². The Morgan fingerprint density at radius 3 is 2.94 bits per heavy atom. The lowest BCUT2D eigenvalue weighted by atomic mass is 10.3. The summed E-state index contributed by atoms with van der Waals surface area (Å²) in [7, 11) is 0. The van der Waals surface area contributed by atoms with Crippen molar-refractivity contribution in [1.82, 2.24) is 9.88 Å². The molecular formula is C12H14N2O3. The van der Waals surface area contributed by atoms with Crippen molar-refractivity contribution in [2.75, 3.05) is 6.54 Å². The van der Waals surface area contributed by atoms with Crippen molar-refractivity contribution in [3.63, 3.8) is 0 Å². The average Bonchev–Trinajstić information content (AvgIpc) is 2.72. The zero-order chi connectivity index (χ0) is 12.7. The lowest BCUT2D eigenvalue weighted by molar-refractivity contribution is -0.121. The molecule has 2 N–H and O–H groups in total. The fourth-order valence-corrected chi connectivity index (χ4v) is 1.37. The highest BCUT2D eigenvalue weighted by atomic mass is 16.4. The molecule has 0 aromatic carbocycles. The van der Waals surface area contributed by atoms with Gasteiger partial charge in [0.15, 0.2) is 0 Å². The Hall–Kier alpha value is -2.22. The van der Waals surface area contributed by atoms with Gasteiger partial charge in [0, 0.05) is 19.2 Å². The summed E-state index contributed by atoms with van der Waals surface area (Å²) in [5, 5.41) is 11.5. The molecule has 0 atom stereocenters. The fourth-order valence-electron chi connectivity index (χ4n) is 1.37. The first-order chi connectivity index (χ1) is 8.15. The molecule has 0 bridgehead atoms. The fraction of sp³-hybridized carbons (Fsp3) is 0.333. The van der Waals surface area contributed by atoms with E-state index in [1.165, 1.54) is 10.6 Å². The number of rotatable bonds is 6. The summed E-state index contributed by atoms with van der Waals surface area (Å²) in [6.07, 6.45) is 7.97. The maximum Gasteiger partial charge on any atom is 0.352 e. The van der Waals surface area contributed by atoms with Crippen molar-refractivity contribution in [2.45, 2.75) is 19.4 Å². The van der Waals surface area contributed by atoms with Crippen LogP contribution in [0, 0.1) is 12.3 Å². The van der Waals surface area contributed by atoms with E-state index in [0.29, 0.717) is 13.0 Å². The summed E-state index contributed by atoms with van der Waals surface area (Å²) in [5.41, 5.74) is 0.101. The van der Waals surface area contributed by atoms with E-state index in [0.717, 1.165) is 6.42 Å². The number of hydrogen-bond donors (Lipinski definition) is 2.